The van der Waals surface area contributed by atoms with E-state index in [9.17, 15) is 0 Å². The maximum absolute atomic E-state index is 5.97. The standard InChI is InChI=1S/C21H32N4O/c1-22-21(23-13-7-15-26-18-8-3-2-4-9-18)24-14-12-17-16-25-20-11-6-5-10-19(17)20/h5-6,10-11,16,18,25H,2-4,7-9,12-15H2,1H3,(H2,22,23,24). The quantitative estimate of drug-likeness (QED) is 0.385. The molecule has 3 N–H and O–H groups in total. The number of aliphatic imine (C=N–C) groups is 1. The summed E-state index contributed by atoms with van der Waals surface area (Å²) in [5.74, 6) is 0.863. The Morgan fingerprint density at radius 2 is 1.96 bits per heavy atom. The van der Waals surface area contributed by atoms with Gasteiger partial charge in [-0.1, -0.05) is 37.5 Å². The molecular weight excluding hydrogens is 324 g/mol. The Morgan fingerprint density at radius 3 is 2.81 bits per heavy atom. The molecule has 0 unspecified atom stereocenters. The number of fused-ring (bicyclic) bond motifs is 1. The fraction of sp³-hybridized carbons (Fsp3) is 0.571. The van der Waals surface area contributed by atoms with Crippen molar-refractivity contribution in [3.05, 3.63) is 36.0 Å². The lowest BCUT2D eigenvalue weighted by Gasteiger charge is -2.22. The Bertz CT molecular complexity index is 688. The molecule has 0 saturated heterocycles. The Labute approximate surface area is 156 Å². The summed E-state index contributed by atoms with van der Waals surface area (Å²) in [6.07, 6.45) is 11.1. The Hall–Kier alpha value is -2.01. The van der Waals surface area contributed by atoms with Gasteiger partial charge in [-0.3, -0.25) is 4.99 Å². The highest BCUT2D eigenvalue weighted by atomic mass is 16.5. The van der Waals surface area contributed by atoms with E-state index in [4.69, 9.17) is 4.74 Å². The third-order valence-electron chi connectivity index (χ3n) is 5.10. The second-order valence-electron chi connectivity index (χ2n) is 7.02. The number of ether oxygens (including phenoxy) is 1. The van der Waals surface area contributed by atoms with E-state index in [1.165, 1.54) is 48.6 Å². The zero-order chi connectivity index (χ0) is 18.0. The van der Waals surface area contributed by atoms with E-state index in [1.807, 2.05) is 7.05 Å². The number of guanidine groups is 1. The van der Waals surface area contributed by atoms with Crippen molar-refractivity contribution in [1.29, 1.82) is 0 Å². The second-order valence-corrected chi connectivity index (χ2v) is 7.02. The highest BCUT2D eigenvalue weighted by Gasteiger charge is 2.13. The summed E-state index contributed by atoms with van der Waals surface area (Å²) in [6, 6.07) is 8.43. The number of hydrogen-bond acceptors (Lipinski definition) is 2. The summed E-state index contributed by atoms with van der Waals surface area (Å²) in [5, 5.41) is 8.08. The predicted octanol–water partition coefficient (Wildman–Crippen LogP) is 3.61. The van der Waals surface area contributed by atoms with Gasteiger partial charge in [0.1, 0.15) is 0 Å². The minimum absolute atomic E-state index is 0.498. The first-order valence-corrected chi connectivity index (χ1v) is 9.98. The van der Waals surface area contributed by atoms with Crippen LogP contribution < -0.4 is 10.6 Å². The van der Waals surface area contributed by atoms with Crippen molar-refractivity contribution >= 4 is 16.9 Å². The summed E-state index contributed by atoms with van der Waals surface area (Å²) >= 11 is 0. The lowest BCUT2D eigenvalue weighted by atomic mass is 9.98. The van der Waals surface area contributed by atoms with Gasteiger partial charge >= 0.3 is 0 Å². The van der Waals surface area contributed by atoms with Gasteiger partial charge in [0.15, 0.2) is 5.96 Å². The summed E-state index contributed by atoms with van der Waals surface area (Å²) in [6.45, 7) is 2.59. The number of aromatic nitrogens is 1. The molecular formula is C21H32N4O. The van der Waals surface area contributed by atoms with Crippen LogP contribution in [0.2, 0.25) is 0 Å². The van der Waals surface area contributed by atoms with Crippen LogP contribution in [0.1, 0.15) is 44.1 Å². The van der Waals surface area contributed by atoms with Crippen molar-refractivity contribution in [1.82, 2.24) is 15.6 Å². The topological polar surface area (TPSA) is 61.4 Å². The predicted molar refractivity (Wildman–Crippen MR) is 109 cm³/mol. The fourth-order valence-corrected chi connectivity index (χ4v) is 3.64. The molecule has 0 aliphatic heterocycles. The molecule has 5 heteroatoms. The van der Waals surface area contributed by atoms with Gasteiger partial charge in [-0.05, 0) is 37.3 Å². The van der Waals surface area contributed by atoms with E-state index in [-0.39, 0.29) is 0 Å². The molecule has 0 amide bonds. The third-order valence-corrected chi connectivity index (χ3v) is 5.10. The second kappa shape index (κ2) is 10.2. The van der Waals surface area contributed by atoms with E-state index in [1.54, 1.807) is 0 Å². The van der Waals surface area contributed by atoms with E-state index < -0.39 is 0 Å². The molecule has 1 fully saturated rings. The largest absolute Gasteiger partial charge is 0.378 e. The van der Waals surface area contributed by atoms with Crippen molar-refractivity contribution in [2.45, 2.75) is 51.0 Å². The van der Waals surface area contributed by atoms with Gasteiger partial charge < -0.3 is 20.4 Å². The fourth-order valence-electron chi connectivity index (χ4n) is 3.64. The molecule has 0 spiro atoms. The van der Waals surface area contributed by atoms with E-state index in [0.717, 1.165) is 38.5 Å². The number of rotatable bonds is 8. The first-order valence-electron chi connectivity index (χ1n) is 9.98. The molecule has 1 saturated carbocycles. The van der Waals surface area contributed by atoms with Crippen LogP contribution >= 0.6 is 0 Å². The number of nitrogens with one attached hydrogen (secondary N) is 3. The van der Waals surface area contributed by atoms with E-state index in [2.05, 4.69) is 51.1 Å². The number of nitrogens with zero attached hydrogens (tertiary/aromatic N) is 1. The average Bonchev–Trinajstić information content (AvgIpc) is 3.10. The molecule has 1 aliphatic carbocycles. The molecule has 1 aliphatic rings. The normalized spacial score (nSPS) is 16.1. The number of aromatic amines is 1. The van der Waals surface area contributed by atoms with Gasteiger partial charge in [0.25, 0.3) is 0 Å². The first-order chi connectivity index (χ1) is 12.9. The molecule has 1 aromatic heterocycles. The highest BCUT2D eigenvalue weighted by Crippen LogP contribution is 2.20. The van der Waals surface area contributed by atoms with Crippen molar-refractivity contribution < 1.29 is 4.74 Å². The highest BCUT2D eigenvalue weighted by molar-refractivity contribution is 5.83. The minimum atomic E-state index is 0.498. The van der Waals surface area contributed by atoms with Crippen molar-refractivity contribution in [2.24, 2.45) is 4.99 Å². The van der Waals surface area contributed by atoms with Crippen LogP contribution in [0.25, 0.3) is 10.9 Å². The van der Waals surface area contributed by atoms with Gasteiger partial charge in [0.2, 0.25) is 0 Å². The SMILES string of the molecule is CN=C(NCCCOC1CCCCC1)NCCc1c[nH]c2ccccc12. The van der Waals surface area contributed by atoms with E-state index >= 15 is 0 Å². The number of benzene rings is 1. The number of hydrogen-bond donors (Lipinski definition) is 3. The van der Waals surface area contributed by atoms with Crippen LogP contribution in [0, 0.1) is 0 Å². The minimum Gasteiger partial charge on any atom is -0.378 e. The molecule has 0 bridgehead atoms. The van der Waals surface area contributed by atoms with Gasteiger partial charge in [-0.15, -0.1) is 0 Å². The van der Waals surface area contributed by atoms with Crippen LogP contribution in [-0.4, -0.2) is 43.8 Å². The number of para-hydroxylation sites is 1. The van der Waals surface area contributed by atoms with Gasteiger partial charge in [-0.25, -0.2) is 0 Å². The third kappa shape index (κ3) is 5.49. The molecule has 1 aromatic carbocycles. The lowest BCUT2D eigenvalue weighted by Crippen LogP contribution is -2.39. The van der Waals surface area contributed by atoms with Crippen LogP contribution in [0.15, 0.2) is 35.5 Å². The maximum Gasteiger partial charge on any atom is 0.190 e. The molecule has 2 aromatic rings. The molecule has 0 radical (unpaired) electrons. The monoisotopic (exact) mass is 356 g/mol. The molecule has 142 valence electrons. The summed E-state index contributed by atoms with van der Waals surface area (Å²) in [5.41, 5.74) is 2.53. The average molecular weight is 357 g/mol. The maximum atomic E-state index is 5.97. The molecule has 5 nitrogen and oxygen atoms in total. The van der Waals surface area contributed by atoms with Crippen LogP contribution in [-0.2, 0) is 11.2 Å². The smallest absolute Gasteiger partial charge is 0.190 e. The summed E-state index contributed by atoms with van der Waals surface area (Å²) in [4.78, 5) is 7.63. The molecule has 3 rings (SSSR count). The van der Waals surface area contributed by atoms with Gasteiger partial charge in [0, 0.05) is 43.8 Å². The van der Waals surface area contributed by atoms with Crippen LogP contribution in [0.3, 0.4) is 0 Å². The first kappa shape index (κ1) is 18.8. The van der Waals surface area contributed by atoms with Crippen LogP contribution in [0.4, 0.5) is 0 Å². The Morgan fingerprint density at radius 1 is 1.15 bits per heavy atom. The van der Waals surface area contributed by atoms with Crippen molar-refractivity contribution in [3.63, 3.8) is 0 Å². The van der Waals surface area contributed by atoms with Gasteiger partial charge in [0.05, 0.1) is 6.10 Å². The molecule has 1 heterocycles. The summed E-state index contributed by atoms with van der Waals surface area (Å²) in [7, 11) is 1.82. The Balaban J connectivity index is 1.30. The number of H-pyrrole nitrogens is 1. The lowest BCUT2D eigenvalue weighted by molar-refractivity contribution is 0.0277. The zero-order valence-electron chi connectivity index (χ0n) is 15.9. The summed E-state index contributed by atoms with van der Waals surface area (Å²) < 4.78 is 5.97. The van der Waals surface area contributed by atoms with Crippen LogP contribution in [0.5, 0.6) is 0 Å². The van der Waals surface area contributed by atoms with Crippen molar-refractivity contribution in [3.8, 4) is 0 Å². The molecule has 26 heavy (non-hydrogen) atoms. The van der Waals surface area contributed by atoms with Crippen molar-refractivity contribution in [2.75, 3.05) is 26.7 Å². The zero-order valence-corrected chi connectivity index (χ0v) is 15.9. The van der Waals surface area contributed by atoms with E-state index in [0.29, 0.717) is 6.10 Å². The molecule has 0 atom stereocenters. The Kier molecular flexibility index (Phi) is 7.37. The van der Waals surface area contributed by atoms with Gasteiger partial charge in [-0.2, -0.15) is 0 Å².